The molecule has 3 nitrogen and oxygen atoms in total. The molecular formula is C24H36N2O. The van der Waals surface area contributed by atoms with Gasteiger partial charge in [0.1, 0.15) is 5.75 Å². The van der Waals surface area contributed by atoms with Gasteiger partial charge in [-0.2, -0.15) is 0 Å². The quantitative estimate of drug-likeness (QED) is 0.590. The van der Waals surface area contributed by atoms with E-state index in [0.29, 0.717) is 0 Å². The van der Waals surface area contributed by atoms with Crippen LogP contribution < -0.4 is 10.1 Å². The van der Waals surface area contributed by atoms with Crippen molar-refractivity contribution in [1.29, 1.82) is 0 Å². The molecule has 0 atom stereocenters. The molecule has 0 heterocycles. The van der Waals surface area contributed by atoms with E-state index in [-0.39, 0.29) is 5.41 Å². The summed E-state index contributed by atoms with van der Waals surface area (Å²) >= 11 is 0. The Kier molecular flexibility index (Phi) is 8.33. The van der Waals surface area contributed by atoms with Crippen molar-refractivity contribution in [3.63, 3.8) is 0 Å². The van der Waals surface area contributed by atoms with E-state index < -0.39 is 0 Å². The van der Waals surface area contributed by atoms with Gasteiger partial charge in [0.15, 0.2) is 0 Å². The zero-order chi connectivity index (χ0) is 19.7. The highest BCUT2D eigenvalue weighted by atomic mass is 16.5. The summed E-state index contributed by atoms with van der Waals surface area (Å²) in [5, 5.41) is 3.55. The highest BCUT2D eigenvalue weighted by Crippen LogP contribution is 2.17. The number of hydrogen-bond donors (Lipinski definition) is 1. The molecule has 27 heavy (non-hydrogen) atoms. The van der Waals surface area contributed by atoms with Gasteiger partial charge in [0, 0.05) is 13.1 Å². The molecule has 0 aliphatic carbocycles. The van der Waals surface area contributed by atoms with Crippen molar-refractivity contribution in [2.75, 3.05) is 40.3 Å². The molecule has 2 aromatic rings. The molecule has 148 valence electrons. The molecular weight excluding hydrogens is 332 g/mol. The minimum Gasteiger partial charge on any atom is -0.494 e. The summed E-state index contributed by atoms with van der Waals surface area (Å²) in [6.07, 6.45) is 1.99. The lowest BCUT2D eigenvalue weighted by Gasteiger charge is -2.28. The van der Waals surface area contributed by atoms with Gasteiger partial charge in [-0.1, -0.05) is 50.2 Å². The second kappa shape index (κ2) is 10.5. The number of hydrogen-bond acceptors (Lipinski definition) is 3. The van der Waals surface area contributed by atoms with Crippen LogP contribution in [0.4, 0.5) is 0 Å². The molecule has 0 spiro atoms. The predicted molar refractivity (Wildman–Crippen MR) is 116 cm³/mol. The van der Waals surface area contributed by atoms with E-state index in [1.165, 1.54) is 16.7 Å². The Morgan fingerprint density at radius 2 is 1.70 bits per heavy atom. The lowest BCUT2D eigenvalue weighted by molar-refractivity contribution is 0.229. The number of benzene rings is 2. The van der Waals surface area contributed by atoms with E-state index >= 15 is 0 Å². The van der Waals surface area contributed by atoms with Crippen molar-refractivity contribution in [2.45, 2.75) is 33.6 Å². The average Bonchev–Trinajstić information content (AvgIpc) is 2.60. The Bertz CT molecular complexity index is 677. The average molecular weight is 369 g/mol. The Hall–Kier alpha value is -1.84. The van der Waals surface area contributed by atoms with E-state index in [4.69, 9.17) is 4.74 Å². The second-order valence-electron chi connectivity index (χ2n) is 8.53. The van der Waals surface area contributed by atoms with Gasteiger partial charge >= 0.3 is 0 Å². The van der Waals surface area contributed by atoms with Crippen LogP contribution in [0.5, 0.6) is 5.75 Å². The van der Waals surface area contributed by atoms with Gasteiger partial charge < -0.3 is 15.0 Å². The fourth-order valence-corrected chi connectivity index (χ4v) is 3.46. The van der Waals surface area contributed by atoms with Crippen LogP contribution >= 0.6 is 0 Å². The molecule has 0 radical (unpaired) electrons. The summed E-state index contributed by atoms with van der Waals surface area (Å²) in [5.74, 6) is 0.955. The molecule has 0 aliphatic heterocycles. The Labute approximate surface area is 165 Å². The minimum atomic E-state index is 0.289. The van der Waals surface area contributed by atoms with Gasteiger partial charge in [0.25, 0.3) is 0 Å². The molecule has 0 saturated heterocycles. The summed E-state index contributed by atoms with van der Waals surface area (Å²) < 4.78 is 5.88. The number of nitrogens with one attached hydrogen (secondary N) is 1. The lowest BCUT2D eigenvalue weighted by atomic mass is 9.93. The highest BCUT2D eigenvalue weighted by Gasteiger charge is 2.17. The van der Waals surface area contributed by atoms with E-state index in [0.717, 1.165) is 44.8 Å². The summed E-state index contributed by atoms with van der Waals surface area (Å²) in [4.78, 5) is 2.24. The first-order chi connectivity index (χ1) is 12.9. The molecule has 2 aromatic carbocycles. The second-order valence-corrected chi connectivity index (χ2v) is 8.53. The normalized spacial score (nSPS) is 11.8. The van der Waals surface area contributed by atoms with Crippen molar-refractivity contribution in [1.82, 2.24) is 10.2 Å². The molecule has 0 aromatic heterocycles. The van der Waals surface area contributed by atoms with Crippen LogP contribution in [0.15, 0.2) is 48.5 Å². The summed E-state index contributed by atoms with van der Waals surface area (Å²) in [7, 11) is 4.25. The van der Waals surface area contributed by atoms with Gasteiger partial charge in [0.05, 0.1) is 6.61 Å². The number of rotatable bonds is 11. The molecule has 0 unspecified atom stereocenters. The summed E-state index contributed by atoms with van der Waals surface area (Å²) in [6, 6.07) is 17.1. The smallest absolute Gasteiger partial charge is 0.119 e. The van der Waals surface area contributed by atoms with Gasteiger partial charge in [-0.05, 0) is 74.6 Å². The third kappa shape index (κ3) is 8.15. The van der Waals surface area contributed by atoms with E-state index in [1.54, 1.807) is 0 Å². The number of nitrogens with zero attached hydrogens (tertiary/aromatic N) is 1. The molecule has 1 N–H and O–H groups in total. The molecule has 0 fully saturated rings. The molecule has 3 heteroatoms. The first-order valence-electron chi connectivity index (χ1n) is 9.97. The van der Waals surface area contributed by atoms with Crippen molar-refractivity contribution in [2.24, 2.45) is 5.41 Å². The zero-order valence-corrected chi connectivity index (χ0v) is 17.7. The van der Waals surface area contributed by atoms with E-state index in [1.807, 2.05) is 0 Å². The predicted octanol–water partition coefficient (Wildman–Crippen LogP) is 4.53. The third-order valence-electron chi connectivity index (χ3n) is 4.69. The number of aryl methyl sites for hydroxylation is 1. The highest BCUT2D eigenvalue weighted by molar-refractivity contribution is 5.34. The standard InChI is InChI=1S/C24H36N2O/c1-20-9-6-7-10-22(20)17-21-11-13-23(14-12-21)27-16-8-15-25-18-24(2,3)19-26(4)5/h6-7,9-14,25H,8,15-19H2,1-5H3. The fraction of sp³-hybridized carbons (Fsp3) is 0.500. The maximum Gasteiger partial charge on any atom is 0.119 e. The van der Waals surface area contributed by atoms with Gasteiger partial charge in [-0.3, -0.25) is 0 Å². The van der Waals surface area contributed by atoms with E-state index in [9.17, 15) is 0 Å². The van der Waals surface area contributed by atoms with Gasteiger partial charge in [-0.15, -0.1) is 0 Å². The number of ether oxygens (including phenoxy) is 1. The first kappa shape index (κ1) is 21.5. The van der Waals surface area contributed by atoms with Crippen molar-refractivity contribution >= 4 is 0 Å². The first-order valence-corrected chi connectivity index (χ1v) is 9.97. The van der Waals surface area contributed by atoms with Gasteiger partial charge in [-0.25, -0.2) is 0 Å². The van der Waals surface area contributed by atoms with Crippen LogP contribution in [-0.4, -0.2) is 45.2 Å². The SMILES string of the molecule is Cc1ccccc1Cc1ccc(OCCCNCC(C)(C)CN(C)C)cc1. The largest absolute Gasteiger partial charge is 0.494 e. The minimum absolute atomic E-state index is 0.289. The maximum absolute atomic E-state index is 5.88. The zero-order valence-electron chi connectivity index (χ0n) is 17.7. The van der Waals surface area contributed by atoms with Crippen LogP contribution in [0, 0.1) is 12.3 Å². The molecule has 0 aliphatic rings. The fourth-order valence-electron chi connectivity index (χ4n) is 3.46. The molecule has 0 amide bonds. The Morgan fingerprint density at radius 3 is 2.37 bits per heavy atom. The van der Waals surface area contributed by atoms with Crippen LogP contribution in [0.3, 0.4) is 0 Å². The van der Waals surface area contributed by atoms with Crippen LogP contribution in [-0.2, 0) is 6.42 Å². The molecule has 0 saturated carbocycles. The van der Waals surface area contributed by atoms with Crippen LogP contribution in [0.1, 0.15) is 37.0 Å². The van der Waals surface area contributed by atoms with Crippen LogP contribution in [0.2, 0.25) is 0 Å². The van der Waals surface area contributed by atoms with Crippen molar-refractivity contribution < 1.29 is 4.74 Å². The molecule has 2 rings (SSSR count). The monoisotopic (exact) mass is 368 g/mol. The third-order valence-corrected chi connectivity index (χ3v) is 4.69. The summed E-state index contributed by atoms with van der Waals surface area (Å²) in [5.41, 5.74) is 4.34. The lowest BCUT2D eigenvalue weighted by Crippen LogP contribution is -2.38. The maximum atomic E-state index is 5.88. The topological polar surface area (TPSA) is 24.5 Å². The van der Waals surface area contributed by atoms with Gasteiger partial charge in [0.2, 0.25) is 0 Å². The van der Waals surface area contributed by atoms with E-state index in [2.05, 4.69) is 93.6 Å². The van der Waals surface area contributed by atoms with Crippen molar-refractivity contribution in [3.8, 4) is 5.75 Å². The summed E-state index contributed by atoms with van der Waals surface area (Å²) in [6.45, 7) is 10.6. The van der Waals surface area contributed by atoms with Crippen LogP contribution in [0.25, 0.3) is 0 Å². The Balaban J connectivity index is 1.66. The molecule has 0 bridgehead atoms. The van der Waals surface area contributed by atoms with Crippen molar-refractivity contribution in [3.05, 3.63) is 65.2 Å². The Morgan fingerprint density at radius 1 is 1.00 bits per heavy atom.